The van der Waals surface area contributed by atoms with Crippen molar-refractivity contribution < 1.29 is 20.1 Å². The Labute approximate surface area is 119 Å². The van der Waals surface area contributed by atoms with Crippen molar-refractivity contribution in [3.05, 3.63) is 12.3 Å². The second-order valence-corrected chi connectivity index (χ2v) is 5.31. The van der Waals surface area contributed by atoms with E-state index in [-0.39, 0.29) is 11.8 Å². The summed E-state index contributed by atoms with van der Waals surface area (Å²) in [5.41, 5.74) is 10.2. The Balaban J connectivity index is 2.13. The Morgan fingerprint density at radius 3 is 2.76 bits per heavy atom. The molecule has 3 rings (SSSR count). The number of ether oxygens (including phenoxy) is 1. The van der Waals surface area contributed by atoms with Crippen LogP contribution >= 0.6 is 0 Å². The molecule has 0 aliphatic carbocycles. The van der Waals surface area contributed by atoms with E-state index in [4.69, 9.17) is 16.2 Å². The predicted octanol–water partition coefficient (Wildman–Crippen LogP) is -1.40. The normalized spacial score (nSPS) is 32.9. The molecule has 1 aliphatic rings. The van der Waals surface area contributed by atoms with Crippen LogP contribution in [0, 0.1) is 0 Å². The smallest absolute Gasteiger partial charge is 0.223 e. The number of aliphatic hydroxyl groups is 3. The van der Waals surface area contributed by atoms with Crippen LogP contribution in [0.25, 0.3) is 11.0 Å². The molecule has 0 amide bonds. The zero-order chi connectivity index (χ0) is 15.4. The van der Waals surface area contributed by atoms with Crippen LogP contribution in [0.2, 0.25) is 0 Å². The molecule has 0 spiro atoms. The topological polar surface area (TPSA) is 153 Å². The highest BCUT2D eigenvalue weighted by atomic mass is 16.6. The van der Waals surface area contributed by atoms with E-state index < -0.39 is 30.6 Å². The molecule has 4 atom stereocenters. The van der Waals surface area contributed by atoms with Crippen molar-refractivity contribution in [3.8, 4) is 0 Å². The van der Waals surface area contributed by atoms with Gasteiger partial charge in [-0.2, -0.15) is 9.97 Å². The number of nitrogens with zero attached hydrogens (tertiary/aromatic N) is 3. The predicted molar refractivity (Wildman–Crippen MR) is 74.0 cm³/mol. The summed E-state index contributed by atoms with van der Waals surface area (Å²) in [6, 6.07) is 1.67. The lowest BCUT2D eigenvalue weighted by Gasteiger charge is -2.27. The monoisotopic (exact) mass is 295 g/mol. The first-order valence-corrected chi connectivity index (χ1v) is 6.42. The third-order valence-electron chi connectivity index (χ3n) is 3.81. The van der Waals surface area contributed by atoms with Gasteiger partial charge in [0.05, 0.1) is 12.0 Å². The van der Waals surface area contributed by atoms with Gasteiger partial charge >= 0.3 is 0 Å². The van der Waals surface area contributed by atoms with Gasteiger partial charge < -0.3 is 36.1 Å². The fourth-order valence-electron chi connectivity index (χ4n) is 2.65. The molecule has 114 valence electrons. The zero-order valence-corrected chi connectivity index (χ0v) is 11.3. The summed E-state index contributed by atoms with van der Waals surface area (Å²) in [7, 11) is 0. The maximum absolute atomic E-state index is 10.5. The van der Waals surface area contributed by atoms with Crippen LogP contribution in [0.5, 0.6) is 0 Å². The number of aromatic nitrogens is 3. The lowest BCUT2D eigenvalue weighted by atomic mass is 9.96. The first-order chi connectivity index (χ1) is 9.86. The second kappa shape index (κ2) is 4.53. The molecular weight excluding hydrogens is 278 g/mol. The van der Waals surface area contributed by atoms with Crippen molar-refractivity contribution in [1.29, 1.82) is 0 Å². The van der Waals surface area contributed by atoms with Gasteiger partial charge in [0.15, 0.2) is 6.23 Å². The molecule has 0 radical (unpaired) electrons. The number of hydrogen-bond donors (Lipinski definition) is 5. The number of fused-ring (bicyclic) bond motifs is 1. The zero-order valence-electron chi connectivity index (χ0n) is 11.3. The van der Waals surface area contributed by atoms with Crippen molar-refractivity contribution in [3.63, 3.8) is 0 Å². The van der Waals surface area contributed by atoms with Crippen LogP contribution in [-0.4, -0.2) is 54.3 Å². The molecule has 3 heterocycles. The SMILES string of the molecule is C[C@]1(O)C(O)[C@@H](CO)O[C@H]1n1ccc2c(N)nc(N)nc21. The van der Waals surface area contributed by atoms with Gasteiger partial charge in [0.1, 0.15) is 29.3 Å². The molecule has 1 aliphatic heterocycles. The van der Waals surface area contributed by atoms with Crippen molar-refractivity contribution >= 4 is 22.8 Å². The maximum Gasteiger partial charge on any atom is 0.223 e. The van der Waals surface area contributed by atoms with Gasteiger partial charge in [0.2, 0.25) is 5.95 Å². The van der Waals surface area contributed by atoms with Crippen LogP contribution in [0.4, 0.5) is 11.8 Å². The number of rotatable bonds is 2. The van der Waals surface area contributed by atoms with E-state index in [1.807, 2.05) is 0 Å². The van der Waals surface area contributed by atoms with Gasteiger partial charge in [-0.15, -0.1) is 0 Å². The summed E-state index contributed by atoms with van der Waals surface area (Å²) in [5, 5.41) is 30.3. The van der Waals surface area contributed by atoms with Crippen molar-refractivity contribution in [2.75, 3.05) is 18.1 Å². The largest absolute Gasteiger partial charge is 0.394 e. The highest BCUT2D eigenvalue weighted by molar-refractivity contribution is 5.87. The Morgan fingerprint density at radius 2 is 2.14 bits per heavy atom. The molecule has 0 aromatic carbocycles. The fraction of sp³-hybridized carbons (Fsp3) is 0.500. The number of nitrogen functional groups attached to an aromatic ring is 2. The molecule has 0 saturated carbocycles. The standard InChI is InChI=1S/C12H17N5O4/c1-12(20)7(19)6(4-18)21-10(12)17-3-2-5-8(13)15-11(14)16-9(5)17/h2-3,6-7,10,18-20H,4H2,1H3,(H4,13,14,15,16)/t6-,7?,10-,12+/m1/s1. The van der Waals surface area contributed by atoms with Crippen molar-refractivity contribution in [2.24, 2.45) is 0 Å². The van der Waals surface area contributed by atoms with Crippen molar-refractivity contribution in [1.82, 2.24) is 14.5 Å². The summed E-state index contributed by atoms with van der Waals surface area (Å²) >= 11 is 0. The lowest BCUT2D eigenvalue weighted by Crippen LogP contribution is -2.44. The van der Waals surface area contributed by atoms with Gasteiger partial charge in [0, 0.05) is 6.20 Å². The first kappa shape index (κ1) is 14.0. The van der Waals surface area contributed by atoms with E-state index in [9.17, 15) is 15.3 Å². The van der Waals surface area contributed by atoms with Gasteiger partial charge in [-0.25, -0.2) is 0 Å². The Kier molecular flexibility index (Phi) is 3.02. The molecule has 2 aromatic heterocycles. The third kappa shape index (κ3) is 1.94. The molecule has 1 fully saturated rings. The molecule has 9 nitrogen and oxygen atoms in total. The number of anilines is 2. The number of aliphatic hydroxyl groups excluding tert-OH is 2. The van der Waals surface area contributed by atoms with E-state index in [0.29, 0.717) is 11.0 Å². The van der Waals surface area contributed by atoms with Crippen LogP contribution in [-0.2, 0) is 4.74 Å². The first-order valence-electron chi connectivity index (χ1n) is 6.42. The average Bonchev–Trinajstić information content (AvgIpc) is 2.91. The second-order valence-electron chi connectivity index (χ2n) is 5.31. The van der Waals surface area contributed by atoms with Gasteiger partial charge in [-0.05, 0) is 13.0 Å². The van der Waals surface area contributed by atoms with E-state index in [1.54, 1.807) is 12.3 Å². The minimum Gasteiger partial charge on any atom is -0.394 e. The summed E-state index contributed by atoms with van der Waals surface area (Å²) < 4.78 is 7.06. The molecule has 1 unspecified atom stereocenters. The van der Waals surface area contributed by atoms with Gasteiger partial charge in [0.25, 0.3) is 0 Å². The Morgan fingerprint density at radius 1 is 1.43 bits per heavy atom. The summed E-state index contributed by atoms with van der Waals surface area (Å²) in [6.45, 7) is 1.02. The Bertz CT molecular complexity index is 686. The quantitative estimate of drug-likeness (QED) is 0.453. The van der Waals surface area contributed by atoms with Gasteiger partial charge in [-0.3, -0.25) is 0 Å². The molecule has 9 heteroatoms. The maximum atomic E-state index is 10.5. The highest BCUT2D eigenvalue weighted by Gasteiger charge is 2.53. The van der Waals surface area contributed by atoms with Crippen LogP contribution < -0.4 is 11.5 Å². The van der Waals surface area contributed by atoms with E-state index in [1.165, 1.54) is 11.5 Å². The fourth-order valence-corrected chi connectivity index (χ4v) is 2.65. The number of hydrogen-bond acceptors (Lipinski definition) is 8. The molecular formula is C12H17N5O4. The highest BCUT2D eigenvalue weighted by Crippen LogP contribution is 2.40. The third-order valence-corrected chi connectivity index (χ3v) is 3.81. The molecule has 1 saturated heterocycles. The summed E-state index contributed by atoms with van der Waals surface area (Å²) in [5.74, 6) is 0.213. The van der Waals surface area contributed by atoms with Crippen LogP contribution in [0.3, 0.4) is 0 Å². The Hall–Kier alpha value is -1.94. The average molecular weight is 295 g/mol. The minimum absolute atomic E-state index is 0.00292. The molecule has 7 N–H and O–H groups in total. The van der Waals surface area contributed by atoms with Gasteiger partial charge in [-0.1, -0.05) is 0 Å². The van der Waals surface area contributed by atoms with Crippen LogP contribution in [0.1, 0.15) is 13.2 Å². The number of nitrogens with two attached hydrogens (primary N) is 2. The van der Waals surface area contributed by atoms with E-state index in [2.05, 4.69) is 9.97 Å². The molecule has 2 aromatic rings. The lowest BCUT2D eigenvalue weighted by molar-refractivity contribution is -0.0948. The summed E-state index contributed by atoms with van der Waals surface area (Å²) in [4.78, 5) is 7.96. The van der Waals surface area contributed by atoms with Crippen molar-refractivity contribution in [2.45, 2.75) is 31.0 Å². The van der Waals surface area contributed by atoms with Crippen LogP contribution in [0.15, 0.2) is 12.3 Å². The van der Waals surface area contributed by atoms with E-state index >= 15 is 0 Å². The molecule has 0 bridgehead atoms. The molecule has 21 heavy (non-hydrogen) atoms. The van der Waals surface area contributed by atoms with E-state index in [0.717, 1.165) is 0 Å². The minimum atomic E-state index is -1.60. The summed E-state index contributed by atoms with van der Waals surface area (Å²) in [6.07, 6.45) is -1.45.